The molecule has 1 N–H and O–H groups in total. The number of aromatic nitrogens is 4. The molecule has 42 heavy (non-hydrogen) atoms. The maximum Gasteiger partial charge on any atom is 0.222 e. The van der Waals surface area contributed by atoms with Crippen LogP contribution < -0.4 is 0 Å². The molecule has 0 atom stereocenters. The van der Waals surface area contributed by atoms with Gasteiger partial charge in [-0.2, -0.15) is 0 Å². The standard InChI is InChI=1S/C37H28N4O/c1-24-23-39-33(22-32(24)27-18-16-26(17-19-27)25-9-4-3-5-10-25)29-12-6-11-28(21-29)30-13-7-15-34-35(30)40-36(41(34)2)31-14-8-20-38-37(31)42/h3-23H,1-2H3,(H,38,42). The van der Waals surface area contributed by atoms with E-state index >= 15 is 0 Å². The van der Waals surface area contributed by atoms with Crippen molar-refractivity contribution in [2.75, 3.05) is 0 Å². The van der Waals surface area contributed by atoms with Crippen LogP contribution in [0.15, 0.2) is 128 Å². The van der Waals surface area contributed by atoms with E-state index in [0.29, 0.717) is 11.4 Å². The van der Waals surface area contributed by atoms with Gasteiger partial charge < -0.3 is 9.67 Å². The highest BCUT2D eigenvalue weighted by molar-refractivity contribution is 5.95. The van der Waals surface area contributed by atoms with E-state index in [1.807, 2.05) is 42.1 Å². The molecular weight excluding hydrogens is 516 g/mol. The minimum atomic E-state index is -0.0320. The van der Waals surface area contributed by atoms with Crippen LogP contribution in [0.2, 0.25) is 0 Å². The first-order valence-electron chi connectivity index (χ1n) is 13.9. The lowest BCUT2D eigenvalue weighted by Crippen LogP contribution is -1.93. The topological polar surface area (TPSA) is 63.8 Å². The summed E-state index contributed by atoms with van der Waals surface area (Å²) in [7, 11) is 1.96. The van der Waals surface area contributed by atoms with Crippen molar-refractivity contribution >= 4 is 11.0 Å². The van der Waals surface area contributed by atoms with Crippen LogP contribution in [0.4, 0.5) is 0 Å². The zero-order valence-corrected chi connectivity index (χ0v) is 23.4. The summed E-state index contributed by atoms with van der Waals surface area (Å²) in [5.74, 6) is 0.637. The molecule has 0 aliphatic carbocycles. The van der Waals surface area contributed by atoms with E-state index < -0.39 is 0 Å². The number of fused-ring (bicyclic) bond motifs is 1. The average molecular weight is 545 g/mol. The molecule has 3 heterocycles. The third-order valence-electron chi connectivity index (χ3n) is 7.81. The molecule has 7 aromatic rings. The van der Waals surface area contributed by atoms with Gasteiger partial charge in [0.1, 0.15) is 5.82 Å². The number of aromatic hydroxyl groups is 1. The van der Waals surface area contributed by atoms with Crippen LogP contribution in [0, 0.1) is 6.92 Å². The normalized spacial score (nSPS) is 11.2. The fourth-order valence-corrected chi connectivity index (χ4v) is 5.57. The van der Waals surface area contributed by atoms with E-state index in [1.54, 1.807) is 12.3 Å². The van der Waals surface area contributed by atoms with Gasteiger partial charge in [-0.15, -0.1) is 0 Å². The van der Waals surface area contributed by atoms with Crippen LogP contribution in [0.25, 0.3) is 67.1 Å². The Kier molecular flexibility index (Phi) is 6.32. The zero-order chi connectivity index (χ0) is 28.6. The van der Waals surface area contributed by atoms with Crippen molar-refractivity contribution in [1.29, 1.82) is 0 Å². The predicted octanol–water partition coefficient (Wildman–Crippen LogP) is 8.71. The van der Waals surface area contributed by atoms with E-state index in [9.17, 15) is 5.11 Å². The Bertz CT molecular complexity index is 2060. The van der Waals surface area contributed by atoms with Crippen LogP contribution in [-0.4, -0.2) is 24.6 Å². The Morgan fingerprint density at radius 1 is 0.595 bits per heavy atom. The molecule has 0 bridgehead atoms. The third kappa shape index (κ3) is 4.51. The maximum atomic E-state index is 10.4. The molecule has 0 spiro atoms. The minimum Gasteiger partial charge on any atom is -0.493 e. The average Bonchev–Trinajstić information content (AvgIpc) is 3.38. The van der Waals surface area contributed by atoms with Crippen molar-refractivity contribution in [1.82, 2.24) is 19.5 Å². The summed E-state index contributed by atoms with van der Waals surface area (Å²) >= 11 is 0. The summed E-state index contributed by atoms with van der Waals surface area (Å²) < 4.78 is 2.00. The molecule has 0 aliphatic heterocycles. The summed E-state index contributed by atoms with van der Waals surface area (Å²) in [4.78, 5) is 13.8. The van der Waals surface area contributed by atoms with Crippen molar-refractivity contribution in [2.24, 2.45) is 7.05 Å². The Hall–Kier alpha value is -5.55. The summed E-state index contributed by atoms with van der Waals surface area (Å²) in [5, 5.41) is 10.4. The highest BCUT2D eigenvalue weighted by Crippen LogP contribution is 2.36. The van der Waals surface area contributed by atoms with Crippen LogP contribution in [0.5, 0.6) is 5.88 Å². The van der Waals surface area contributed by atoms with Gasteiger partial charge in [0.25, 0.3) is 0 Å². The van der Waals surface area contributed by atoms with Crippen molar-refractivity contribution in [3.8, 4) is 61.9 Å². The lowest BCUT2D eigenvalue weighted by atomic mass is 9.96. The number of pyridine rings is 2. The number of benzene rings is 4. The number of para-hydroxylation sites is 1. The highest BCUT2D eigenvalue weighted by Gasteiger charge is 2.17. The third-order valence-corrected chi connectivity index (χ3v) is 7.81. The van der Waals surface area contributed by atoms with Gasteiger partial charge in [0.05, 0.1) is 22.3 Å². The molecule has 0 saturated carbocycles. The van der Waals surface area contributed by atoms with Crippen molar-refractivity contribution in [3.63, 3.8) is 0 Å². The van der Waals surface area contributed by atoms with Gasteiger partial charge >= 0.3 is 0 Å². The van der Waals surface area contributed by atoms with Crippen molar-refractivity contribution in [3.05, 3.63) is 133 Å². The van der Waals surface area contributed by atoms with E-state index in [-0.39, 0.29) is 5.88 Å². The Balaban J connectivity index is 1.27. The smallest absolute Gasteiger partial charge is 0.222 e. The zero-order valence-electron chi connectivity index (χ0n) is 23.4. The van der Waals surface area contributed by atoms with Gasteiger partial charge in [0.2, 0.25) is 5.88 Å². The van der Waals surface area contributed by atoms with Crippen LogP contribution in [0.3, 0.4) is 0 Å². The van der Waals surface area contributed by atoms with Crippen LogP contribution in [0.1, 0.15) is 5.56 Å². The largest absolute Gasteiger partial charge is 0.493 e. The molecule has 5 nitrogen and oxygen atoms in total. The van der Waals surface area contributed by atoms with E-state index in [0.717, 1.165) is 50.1 Å². The molecule has 0 saturated heterocycles. The first-order valence-corrected chi connectivity index (χ1v) is 13.9. The fraction of sp³-hybridized carbons (Fsp3) is 0.0541. The molecule has 0 amide bonds. The molecule has 5 heteroatoms. The summed E-state index contributed by atoms with van der Waals surface area (Å²) in [6.45, 7) is 2.10. The Labute approximate surface area is 244 Å². The molecule has 7 rings (SSSR count). The van der Waals surface area contributed by atoms with Gasteiger partial charge in [-0.1, -0.05) is 84.9 Å². The van der Waals surface area contributed by atoms with Gasteiger partial charge in [0, 0.05) is 30.6 Å². The maximum absolute atomic E-state index is 10.4. The number of hydrogen-bond acceptors (Lipinski definition) is 4. The van der Waals surface area contributed by atoms with Crippen molar-refractivity contribution in [2.45, 2.75) is 6.92 Å². The number of imidazole rings is 1. The number of hydrogen-bond donors (Lipinski definition) is 1. The quantitative estimate of drug-likeness (QED) is 0.235. The molecule has 0 radical (unpaired) electrons. The number of aryl methyl sites for hydroxylation is 2. The second-order valence-corrected chi connectivity index (χ2v) is 10.5. The predicted molar refractivity (Wildman–Crippen MR) is 170 cm³/mol. The minimum absolute atomic E-state index is 0.0320. The van der Waals surface area contributed by atoms with E-state index in [2.05, 4.69) is 96.8 Å². The van der Waals surface area contributed by atoms with E-state index in [1.165, 1.54) is 11.1 Å². The molecule has 3 aromatic heterocycles. The molecule has 0 fully saturated rings. The summed E-state index contributed by atoms with van der Waals surface area (Å²) in [5.41, 5.74) is 12.3. The lowest BCUT2D eigenvalue weighted by Gasteiger charge is -2.11. The Morgan fingerprint density at radius 2 is 1.29 bits per heavy atom. The van der Waals surface area contributed by atoms with Crippen molar-refractivity contribution < 1.29 is 5.11 Å². The second kappa shape index (κ2) is 10.5. The van der Waals surface area contributed by atoms with Crippen LogP contribution in [-0.2, 0) is 7.05 Å². The SMILES string of the molecule is Cc1cnc(-c2cccc(-c3cccc4c3nc(-c3cccnc3O)n4C)c2)cc1-c1ccc(-c2ccccc2)cc1. The molecule has 202 valence electrons. The van der Waals surface area contributed by atoms with Gasteiger partial charge in [0.15, 0.2) is 0 Å². The number of rotatable bonds is 5. The van der Waals surface area contributed by atoms with E-state index in [4.69, 9.17) is 9.97 Å². The molecule has 0 unspecified atom stereocenters. The summed E-state index contributed by atoms with van der Waals surface area (Å²) in [6, 6.07) is 39.6. The molecule has 4 aromatic carbocycles. The monoisotopic (exact) mass is 544 g/mol. The van der Waals surface area contributed by atoms with Gasteiger partial charge in [-0.05, 0) is 70.6 Å². The number of nitrogens with zero attached hydrogens (tertiary/aromatic N) is 4. The Morgan fingerprint density at radius 3 is 2.10 bits per heavy atom. The van der Waals surface area contributed by atoms with Gasteiger partial charge in [-0.3, -0.25) is 4.98 Å². The molecule has 0 aliphatic rings. The summed E-state index contributed by atoms with van der Waals surface area (Å²) in [6.07, 6.45) is 3.53. The second-order valence-electron chi connectivity index (χ2n) is 10.5. The molecular formula is C37H28N4O. The first-order chi connectivity index (χ1) is 20.6. The fourth-order valence-electron chi connectivity index (χ4n) is 5.57. The lowest BCUT2D eigenvalue weighted by molar-refractivity contribution is 0.455. The van der Waals surface area contributed by atoms with Crippen LogP contribution >= 0.6 is 0 Å². The van der Waals surface area contributed by atoms with Gasteiger partial charge in [-0.25, -0.2) is 9.97 Å². The highest BCUT2D eigenvalue weighted by atomic mass is 16.3. The first kappa shape index (κ1) is 25.4.